The molecule has 1 aliphatic carbocycles. The Morgan fingerprint density at radius 3 is 1.43 bits per heavy atom. The number of hydrogen-bond donors (Lipinski definition) is 0. The number of aromatic nitrogens is 4. The first-order chi connectivity index (χ1) is 31.6. The van der Waals surface area contributed by atoms with E-state index in [1.165, 1.54) is 72.0 Å². The van der Waals surface area contributed by atoms with E-state index in [1.54, 1.807) is 0 Å². The normalized spacial score (nSPS) is 14.3. The van der Waals surface area contributed by atoms with Crippen molar-refractivity contribution in [3.05, 3.63) is 205 Å². The lowest BCUT2D eigenvalue weighted by Crippen LogP contribution is -2.33. The van der Waals surface area contributed by atoms with E-state index in [4.69, 9.17) is 15.0 Å². The van der Waals surface area contributed by atoms with Gasteiger partial charge in [-0.15, -0.1) is 0 Å². The molecular weight excluding hydrogens is 789 g/mol. The van der Waals surface area contributed by atoms with Gasteiger partial charge in [0.15, 0.2) is 17.5 Å². The molecule has 12 rings (SSSR count). The van der Waals surface area contributed by atoms with Crippen LogP contribution in [0.5, 0.6) is 0 Å². The molecule has 0 fully saturated rings. The molecule has 0 saturated carbocycles. The van der Waals surface area contributed by atoms with Gasteiger partial charge in [-0.1, -0.05) is 179 Å². The van der Waals surface area contributed by atoms with Crippen LogP contribution < -0.4 is 0 Å². The Bertz CT molecular complexity index is 3630. The Hall–Kier alpha value is -7.69. The lowest BCUT2D eigenvalue weighted by Gasteiger charge is -2.42. The number of nitrogens with zero attached hydrogens (tertiary/aromatic N) is 4. The van der Waals surface area contributed by atoms with Gasteiger partial charge in [-0.2, -0.15) is 0 Å². The van der Waals surface area contributed by atoms with Crippen molar-refractivity contribution in [2.75, 3.05) is 0 Å². The van der Waals surface area contributed by atoms with E-state index in [-0.39, 0.29) is 10.8 Å². The van der Waals surface area contributed by atoms with Gasteiger partial charge in [0.05, 0.1) is 11.0 Å². The fourth-order valence-electron chi connectivity index (χ4n) is 10.2. The summed E-state index contributed by atoms with van der Waals surface area (Å²) >= 11 is 0. The zero-order chi connectivity index (χ0) is 43.9. The predicted octanol–water partition coefficient (Wildman–Crippen LogP) is 16.0. The molecule has 0 radical (unpaired) electrons. The van der Waals surface area contributed by atoms with Crippen molar-refractivity contribution in [3.63, 3.8) is 0 Å². The third-order valence-electron chi connectivity index (χ3n) is 14.1. The molecule has 0 N–H and O–H groups in total. The summed E-state index contributed by atoms with van der Waals surface area (Å²) in [5.41, 5.74) is 14.0. The highest BCUT2D eigenvalue weighted by atomic mass is 15.0. The van der Waals surface area contributed by atoms with E-state index in [1.807, 2.05) is 6.07 Å². The van der Waals surface area contributed by atoms with Gasteiger partial charge in [0.1, 0.15) is 0 Å². The average molecular weight is 837 g/mol. The van der Waals surface area contributed by atoms with Crippen LogP contribution in [0.1, 0.15) is 51.7 Å². The fraction of sp³-hybridized carbons (Fsp3) is 0.131. The van der Waals surface area contributed by atoms with Gasteiger partial charge in [0.2, 0.25) is 0 Å². The maximum atomic E-state index is 5.26. The van der Waals surface area contributed by atoms with Gasteiger partial charge in [-0.25, -0.2) is 15.0 Å². The van der Waals surface area contributed by atoms with Crippen molar-refractivity contribution < 1.29 is 0 Å². The summed E-state index contributed by atoms with van der Waals surface area (Å²) in [6, 6.07) is 70.0. The summed E-state index contributed by atoms with van der Waals surface area (Å²) in [5, 5.41) is 7.48. The highest BCUT2D eigenvalue weighted by molar-refractivity contribution is 6.14. The second-order valence-electron chi connectivity index (χ2n) is 19.2. The Morgan fingerprint density at radius 1 is 0.338 bits per heavy atom. The minimum Gasteiger partial charge on any atom is -0.309 e. The molecule has 2 heterocycles. The topological polar surface area (TPSA) is 43.6 Å². The molecule has 312 valence electrons. The van der Waals surface area contributed by atoms with E-state index < -0.39 is 0 Å². The number of benzene rings is 9. The molecule has 0 atom stereocenters. The number of fused-ring (bicyclic) bond motifs is 6. The molecule has 0 aliphatic heterocycles. The van der Waals surface area contributed by atoms with Gasteiger partial charge < -0.3 is 4.57 Å². The fourth-order valence-corrected chi connectivity index (χ4v) is 10.2. The molecule has 0 unspecified atom stereocenters. The molecular formula is C61H48N4. The van der Waals surface area contributed by atoms with Crippen LogP contribution in [0.15, 0.2) is 194 Å². The standard InChI is InChI=1S/C61H48N4/c1-60(2)31-32-61(3,4)54-38-56-52(37-53(54)60)51-35-46-17-10-11-18-47(46)36-55(51)65(56)50-20-12-19-49(34-50)59-63-57(43-26-21-41(22-27-43)39-13-6-5-7-14-39)62-58(64-59)44-28-23-42(24-29-44)48-30-25-40-15-8-9-16-45(40)33-48/h5-30,33-38H,31-32H2,1-4H3. The first-order valence-corrected chi connectivity index (χ1v) is 22.8. The van der Waals surface area contributed by atoms with Gasteiger partial charge in [0, 0.05) is 33.2 Å². The summed E-state index contributed by atoms with van der Waals surface area (Å²) in [5.74, 6) is 1.89. The highest BCUT2D eigenvalue weighted by Gasteiger charge is 2.38. The maximum Gasteiger partial charge on any atom is 0.164 e. The zero-order valence-corrected chi connectivity index (χ0v) is 37.2. The van der Waals surface area contributed by atoms with Gasteiger partial charge >= 0.3 is 0 Å². The summed E-state index contributed by atoms with van der Waals surface area (Å²) in [7, 11) is 0. The van der Waals surface area contributed by atoms with Crippen LogP contribution in [0.3, 0.4) is 0 Å². The molecule has 1 aliphatic rings. The van der Waals surface area contributed by atoms with Gasteiger partial charge in [-0.05, 0) is 121 Å². The molecule has 0 saturated heterocycles. The summed E-state index contributed by atoms with van der Waals surface area (Å²) in [6.07, 6.45) is 2.33. The second-order valence-corrected chi connectivity index (χ2v) is 19.2. The van der Waals surface area contributed by atoms with Crippen molar-refractivity contribution in [1.82, 2.24) is 19.5 Å². The van der Waals surface area contributed by atoms with Crippen molar-refractivity contribution in [3.8, 4) is 62.1 Å². The van der Waals surface area contributed by atoms with E-state index >= 15 is 0 Å². The van der Waals surface area contributed by atoms with Crippen molar-refractivity contribution >= 4 is 43.4 Å². The highest BCUT2D eigenvalue weighted by Crippen LogP contribution is 2.49. The van der Waals surface area contributed by atoms with Crippen molar-refractivity contribution in [2.24, 2.45) is 0 Å². The zero-order valence-electron chi connectivity index (χ0n) is 37.2. The van der Waals surface area contributed by atoms with E-state index in [0.29, 0.717) is 17.5 Å². The Balaban J connectivity index is 1.02. The molecule has 4 nitrogen and oxygen atoms in total. The molecule has 4 heteroatoms. The third-order valence-corrected chi connectivity index (χ3v) is 14.1. The minimum absolute atomic E-state index is 0.0670. The summed E-state index contributed by atoms with van der Waals surface area (Å²) in [4.78, 5) is 15.7. The third kappa shape index (κ3) is 6.80. The van der Waals surface area contributed by atoms with Crippen LogP contribution in [0, 0.1) is 0 Å². The Labute approximate surface area is 379 Å². The lowest BCUT2D eigenvalue weighted by atomic mass is 9.63. The van der Waals surface area contributed by atoms with Gasteiger partial charge in [-0.3, -0.25) is 0 Å². The Morgan fingerprint density at radius 2 is 0.785 bits per heavy atom. The summed E-state index contributed by atoms with van der Waals surface area (Å²) < 4.78 is 2.47. The molecule has 0 bridgehead atoms. The molecule has 65 heavy (non-hydrogen) atoms. The number of hydrogen-bond acceptors (Lipinski definition) is 3. The molecule has 2 aromatic heterocycles. The van der Waals surface area contributed by atoms with E-state index in [9.17, 15) is 0 Å². The minimum atomic E-state index is 0.0670. The lowest BCUT2D eigenvalue weighted by molar-refractivity contribution is 0.332. The molecule has 0 amide bonds. The van der Waals surface area contributed by atoms with E-state index in [0.717, 1.165) is 39.9 Å². The maximum absolute atomic E-state index is 5.26. The molecule has 9 aromatic carbocycles. The first-order valence-electron chi connectivity index (χ1n) is 22.8. The van der Waals surface area contributed by atoms with Crippen LogP contribution >= 0.6 is 0 Å². The quantitative estimate of drug-likeness (QED) is 0.168. The van der Waals surface area contributed by atoms with Crippen LogP contribution in [0.25, 0.3) is 105 Å². The Kier molecular flexibility index (Phi) is 8.96. The van der Waals surface area contributed by atoms with E-state index in [2.05, 4.69) is 220 Å². The predicted molar refractivity (Wildman–Crippen MR) is 272 cm³/mol. The van der Waals surface area contributed by atoms with Crippen LogP contribution in [-0.4, -0.2) is 19.5 Å². The average Bonchev–Trinajstić information content (AvgIpc) is 3.66. The molecule has 0 spiro atoms. The van der Waals surface area contributed by atoms with Gasteiger partial charge in [0.25, 0.3) is 0 Å². The first kappa shape index (κ1) is 38.9. The van der Waals surface area contributed by atoms with Crippen LogP contribution in [0.2, 0.25) is 0 Å². The van der Waals surface area contributed by atoms with Crippen molar-refractivity contribution in [2.45, 2.75) is 51.4 Å². The SMILES string of the molecule is CC1(C)CCC(C)(C)c2cc3c(cc21)c1cc2ccccc2cc1n3-c1cccc(-c2nc(-c3ccc(-c4ccccc4)cc3)nc(-c3ccc(-c4ccc5ccccc5c4)cc3)n2)c1. The van der Waals surface area contributed by atoms with Crippen molar-refractivity contribution in [1.29, 1.82) is 0 Å². The molecule has 11 aromatic rings. The summed E-state index contributed by atoms with van der Waals surface area (Å²) in [6.45, 7) is 9.66. The van der Waals surface area contributed by atoms with Crippen LogP contribution in [-0.2, 0) is 10.8 Å². The van der Waals surface area contributed by atoms with Crippen LogP contribution in [0.4, 0.5) is 0 Å². The smallest absolute Gasteiger partial charge is 0.164 e. The second kappa shape index (κ2) is 15.0. The monoisotopic (exact) mass is 836 g/mol. The number of rotatable bonds is 6. The largest absolute Gasteiger partial charge is 0.309 e.